The van der Waals surface area contributed by atoms with Crippen LogP contribution in [0.4, 0.5) is 5.82 Å². The van der Waals surface area contributed by atoms with Crippen LogP contribution in [-0.2, 0) is 0 Å². The van der Waals surface area contributed by atoms with Crippen LogP contribution in [0.15, 0.2) is 21.2 Å². The van der Waals surface area contributed by atoms with Crippen LogP contribution in [0.3, 0.4) is 0 Å². The second kappa shape index (κ2) is 4.16. The zero-order valence-electron chi connectivity index (χ0n) is 7.45. The smallest absolute Gasteiger partial charge is 0.142 e. The van der Waals surface area contributed by atoms with Crippen molar-refractivity contribution in [2.24, 2.45) is 5.92 Å². The van der Waals surface area contributed by atoms with Crippen LogP contribution >= 0.6 is 31.9 Å². The number of aliphatic hydroxyl groups excluding tert-OH is 1. The number of rotatable bonds is 2. The number of hydrogen-bond acceptors (Lipinski definition) is 3. The lowest BCUT2D eigenvalue weighted by Gasteiger charge is -2.39. The van der Waals surface area contributed by atoms with Gasteiger partial charge in [-0.3, -0.25) is 0 Å². The highest BCUT2D eigenvalue weighted by molar-refractivity contribution is 9.11. The Bertz CT molecular complexity index is 340. The maximum Gasteiger partial charge on any atom is 0.142 e. The molecule has 2 rings (SSSR count). The summed E-state index contributed by atoms with van der Waals surface area (Å²) in [5.41, 5.74) is 0. The van der Waals surface area contributed by atoms with Gasteiger partial charge < -0.3 is 10.0 Å². The van der Waals surface area contributed by atoms with E-state index in [1.165, 1.54) is 0 Å². The van der Waals surface area contributed by atoms with Crippen molar-refractivity contribution in [1.29, 1.82) is 0 Å². The van der Waals surface area contributed by atoms with E-state index < -0.39 is 0 Å². The summed E-state index contributed by atoms with van der Waals surface area (Å²) in [4.78, 5) is 6.47. The van der Waals surface area contributed by atoms with Gasteiger partial charge in [0, 0.05) is 36.3 Å². The van der Waals surface area contributed by atoms with Crippen molar-refractivity contribution in [3.63, 3.8) is 0 Å². The minimum Gasteiger partial charge on any atom is -0.396 e. The Hall–Kier alpha value is -0.130. The highest BCUT2D eigenvalue weighted by Gasteiger charge is 2.28. The van der Waals surface area contributed by atoms with Gasteiger partial charge in [0.1, 0.15) is 5.82 Å². The Labute approximate surface area is 99.4 Å². The summed E-state index contributed by atoms with van der Waals surface area (Å²) >= 11 is 6.83. The molecule has 1 aromatic rings. The van der Waals surface area contributed by atoms with Crippen LogP contribution in [0.2, 0.25) is 0 Å². The maximum atomic E-state index is 8.90. The van der Waals surface area contributed by atoms with E-state index in [4.69, 9.17) is 5.11 Å². The molecule has 76 valence electrons. The first-order chi connectivity index (χ1) is 6.70. The zero-order chi connectivity index (χ0) is 10.1. The fourth-order valence-electron chi connectivity index (χ4n) is 1.50. The fraction of sp³-hybridized carbons (Fsp3) is 0.444. The average Bonchev–Trinajstić information content (AvgIpc) is 2.06. The Morgan fingerprint density at radius 2 is 2.21 bits per heavy atom. The van der Waals surface area contributed by atoms with E-state index in [0.717, 1.165) is 27.9 Å². The first kappa shape index (κ1) is 10.4. The van der Waals surface area contributed by atoms with Crippen LogP contribution in [0.5, 0.6) is 0 Å². The standard InChI is InChI=1S/C9H10Br2N2O/c10-7-1-8(11)9(12-2-7)13-3-6(4-13)5-14/h1-2,6,14H,3-5H2. The summed E-state index contributed by atoms with van der Waals surface area (Å²) in [5, 5.41) is 8.90. The molecule has 1 aromatic heterocycles. The van der Waals surface area contributed by atoms with Crippen LogP contribution in [0.25, 0.3) is 0 Å². The minimum atomic E-state index is 0.268. The van der Waals surface area contributed by atoms with Crippen molar-refractivity contribution in [2.75, 3.05) is 24.6 Å². The molecule has 0 unspecified atom stereocenters. The van der Waals surface area contributed by atoms with E-state index in [1.807, 2.05) is 6.07 Å². The van der Waals surface area contributed by atoms with E-state index in [-0.39, 0.29) is 6.61 Å². The van der Waals surface area contributed by atoms with Gasteiger partial charge in [0.25, 0.3) is 0 Å². The van der Waals surface area contributed by atoms with E-state index in [0.29, 0.717) is 5.92 Å². The third kappa shape index (κ3) is 1.94. The lowest BCUT2D eigenvalue weighted by atomic mass is 10.0. The Morgan fingerprint density at radius 1 is 1.50 bits per heavy atom. The molecule has 0 aromatic carbocycles. The second-order valence-electron chi connectivity index (χ2n) is 3.41. The normalized spacial score (nSPS) is 16.9. The number of aliphatic hydroxyl groups is 1. The molecule has 0 saturated carbocycles. The maximum absolute atomic E-state index is 8.90. The van der Waals surface area contributed by atoms with Gasteiger partial charge in [-0.2, -0.15) is 0 Å². The molecule has 0 amide bonds. The summed E-state index contributed by atoms with van der Waals surface area (Å²) in [6, 6.07) is 1.98. The van der Waals surface area contributed by atoms with Crippen molar-refractivity contribution in [1.82, 2.24) is 4.98 Å². The first-order valence-corrected chi connectivity index (χ1v) is 5.96. The molecule has 14 heavy (non-hydrogen) atoms. The SMILES string of the molecule is OCC1CN(c2ncc(Br)cc2Br)C1. The van der Waals surface area contributed by atoms with E-state index in [2.05, 4.69) is 41.7 Å². The molecule has 0 spiro atoms. The lowest BCUT2D eigenvalue weighted by molar-refractivity contribution is 0.200. The van der Waals surface area contributed by atoms with Crippen LogP contribution in [0.1, 0.15) is 0 Å². The van der Waals surface area contributed by atoms with Crippen LogP contribution < -0.4 is 4.90 Å². The highest BCUT2D eigenvalue weighted by Crippen LogP contribution is 2.31. The van der Waals surface area contributed by atoms with Gasteiger partial charge in [0.2, 0.25) is 0 Å². The van der Waals surface area contributed by atoms with E-state index >= 15 is 0 Å². The van der Waals surface area contributed by atoms with Gasteiger partial charge >= 0.3 is 0 Å². The minimum absolute atomic E-state index is 0.268. The molecule has 1 saturated heterocycles. The predicted octanol–water partition coefficient (Wildman–Crippen LogP) is 2.04. The van der Waals surface area contributed by atoms with Crippen molar-refractivity contribution in [2.45, 2.75) is 0 Å². The van der Waals surface area contributed by atoms with Gasteiger partial charge in [-0.15, -0.1) is 0 Å². The lowest BCUT2D eigenvalue weighted by Crippen LogP contribution is -2.48. The van der Waals surface area contributed by atoms with Gasteiger partial charge in [-0.05, 0) is 37.9 Å². The topological polar surface area (TPSA) is 36.4 Å². The quantitative estimate of drug-likeness (QED) is 0.905. The predicted molar refractivity (Wildman–Crippen MR) is 62.4 cm³/mol. The van der Waals surface area contributed by atoms with E-state index in [1.54, 1.807) is 6.20 Å². The van der Waals surface area contributed by atoms with E-state index in [9.17, 15) is 0 Å². The monoisotopic (exact) mass is 320 g/mol. The summed E-state index contributed by atoms with van der Waals surface area (Å²) in [6.45, 7) is 2.05. The number of halogens is 2. The molecule has 3 nitrogen and oxygen atoms in total. The number of anilines is 1. The summed E-state index contributed by atoms with van der Waals surface area (Å²) in [5.74, 6) is 1.37. The highest BCUT2D eigenvalue weighted by atomic mass is 79.9. The van der Waals surface area contributed by atoms with Crippen molar-refractivity contribution in [3.8, 4) is 0 Å². The Balaban J connectivity index is 2.11. The van der Waals surface area contributed by atoms with Crippen molar-refractivity contribution < 1.29 is 5.11 Å². The second-order valence-corrected chi connectivity index (χ2v) is 5.18. The molecular weight excluding hydrogens is 312 g/mol. The molecule has 0 aliphatic carbocycles. The Morgan fingerprint density at radius 3 is 2.79 bits per heavy atom. The average molecular weight is 322 g/mol. The third-order valence-electron chi connectivity index (χ3n) is 2.30. The van der Waals surface area contributed by atoms with Crippen LogP contribution in [0, 0.1) is 5.92 Å². The summed E-state index contributed by atoms with van der Waals surface area (Å²) in [7, 11) is 0. The third-order valence-corrected chi connectivity index (χ3v) is 3.32. The molecule has 0 bridgehead atoms. The fourth-order valence-corrected chi connectivity index (χ4v) is 2.74. The van der Waals surface area contributed by atoms with Gasteiger partial charge in [-0.25, -0.2) is 4.98 Å². The summed E-state index contributed by atoms with van der Waals surface area (Å²) in [6.07, 6.45) is 1.78. The summed E-state index contributed by atoms with van der Waals surface area (Å²) < 4.78 is 1.95. The number of hydrogen-bond donors (Lipinski definition) is 1. The molecular formula is C9H10Br2N2O. The van der Waals surface area contributed by atoms with Gasteiger partial charge in [-0.1, -0.05) is 0 Å². The van der Waals surface area contributed by atoms with Gasteiger partial charge in [0.15, 0.2) is 0 Å². The number of aromatic nitrogens is 1. The van der Waals surface area contributed by atoms with Gasteiger partial charge in [0.05, 0.1) is 4.47 Å². The number of nitrogens with zero attached hydrogens (tertiary/aromatic N) is 2. The molecule has 5 heteroatoms. The zero-order valence-corrected chi connectivity index (χ0v) is 10.6. The Kier molecular flexibility index (Phi) is 3.09. The molecule has 1 N–H and O–H groups in total. The number of pyridine rings is 1. The molecule has 0 atom stereocenters. The molecule has 1 fully saturated rings. The van der Waals surface area contributed by atoms with Crippen molar-refractivity contribution in [3.05, 3.63) is 21.2 Å². The molecule has 1 aliphatic rings. The molecule has 1 aliphatic heterocycles. The first-order valence-electron chi connectivity index (χ1n) is 4.37. The van der Waals surface area contributed by atoms with Crippen molar-refractivity contribution >= 4 is 37.7 Å². The molecule has 0 radical (unpaired) electrons. The van der Waals surface area contributed by atoms with Crippen LogP contribution in [-0.4, -0.2) is 29.8 Å². The molecule has 2 heterocycles. The largest absolute Gasteiger partial charge is 0.396 e.